The van der Waals surface area contributed by atoms with E-state index in [2.05, 4.69) is 0 Å². The number of imide groups is 1. The second-order valence-electron chi connectivity index (χ2n) is 6.34. The summed E-state index contributed by atoms with van der Waals surface area (Å²) in [5.74, 6) is -1.46. The molecule has 1 saturated carbocycles. The lowest BCUT2D eigenvalue weighted by Crippen LogP contribution is -2.46. The second kappa shape index (κ2) is 4.72. The Balaban J connectivity index is 1.76. The average Bonchev–Trinajstić information content (AvgIpc) is 2.61. The highest BCUT2D eigenvalue weighted by atomic mass is 16.4. The molecule has 2 atom stereocenters. The molecular formula is C15H19NO4. The van der Waals surface area contributed by atoms with Crippen molar-refractivity contribution in [1.82, 2.24) is 4.90 Å². The molecule has 3 aliphatic rings. The number of hydrogen-bond donors (Lipinski definition) is 1. The Hall–Kier alpha value is -1.65. The number of nitrogens with zero attached hydrogens (tertiary/aromatic N) is 1. The van der Waals surface area contributed by atoms with Gasteiger partial charge >= 0.3 is 5.97 Å². The van der Waals surface area contributed by atoms with Gasteiger partial charge in [-0.1, -0.05) is 18.6 Å². The number of likely N-dealkylation sites (tertiary alicyclic amines) is 1. The van der Waals surface area contributed by atoms with Crippen LogP contribution in [0, 0.1) is 17.3 Å². The molecule has 0 radical (unpaired) electrons. The summed E-state index contributed by atoms with van der Waals surface area (Å²) in [7, 11) is 0. The van der Waals surface area contributed by atoms with Gasteiger partial charge in [0.1, 0.15) is 0 Å². The minimum atomic E-state index is -0.845. The molecule has 0 aromatic carbocycles. The predicted molar refractivity (Wildman–Crippen MR) is 70.6 cm³/mol. The molecule has 2 unspecified atom stereocenters. The minimum absolute atomic E-state index is 0.0532. The Labute approximate surface area is 117 Å². The third kappa shape index (κ3) is 2.05. The van der Waals surface area contributed by atoms with Crippen molar-refractivity contribution in [3.8, 4) is 0 Å². The lowest BCUT2D eigenvalue weighted by atomic mass is 9.66. The molecule has 5 nitrogen and oxygen atoms in total. The van der Waals surface area contributed by atoms with E-state index in [1.807, 2.05) is 12.2 Å². The highest BCUT2D eigenvalue weighted by molar-refractivity contribution is 6.05. The molecule has 0 spiro atoms. The standard InChI is InChI=1S/C15H19NO4/c17-12(18)8-15(6-3-7-15)9-16-13(19)10-4-1-2-5-11(10)14(16)20/h1-2,10-11H,3-9H2,(H,17,18). The van der Waals surface area contributed by atoms with Gasteiger partial charge in [-0.25, -0.2) is 0 Å². The van der Waals surface area contributed by atoms with Gasteiger partial charge in [-0.3, -0.25) is 19.3 Å². The third-order valence-corrected chi connectivity index (χ3v) is 5.03. The van der Waals surface area contributed by atoms with Crippen LogP contribution in [-0.4, -0.2) is 34.3 Å². The Morgan fingerprint density at radius 2 is 1.75 bits per heavy atom. The van der Waals surface area contributed by atoms with Crippen LogP contribution < -0.4 is 0 Å². The number of carbonyl (C=O) groups excluding carboxylic acids is 2. The highest BCUT2D eigenvalue weighted by Crippen LogP contribution is 2.46. The Kier molecular flexibility index (Phi) is 3.15. The summed E-state index contributed by atoms with van der Waals surface area (Å²) in [6.07, 6.45) is 7.83. The summed E-state index contributed by atoms with van der Waals surface area (Å²) >= 11 is 0. The molecule has 1 saturated heterocycles. The number of amides is 2. The molecule has 0 aromatic rings. The Bertz CT molecular complexity index is 466. The molecule has 1 heterocycles. The number of carboxylic acids is 1. The molecule has 2 amide bonds. The fourth-order valence-electron chi connectivity index (χ4n) is 3.75. The number of carboxylic acid groups (broad SMARTS) is 1. The van der Waals surface area contributed by atoms with E-state index in [1.54, 1.807) is 0 Å². The van der Waals surface area contributed by atoms with Crippen LogP contribution in [0.5, 0.6) is 0 Å². The van der Waals surface area contributed by atoms with Gasteiger partial charge in [0.15, 0.2) is 0 Å². The number of allylic oxidation sites excluding steroid dienone is 2. The van der Waals surface area contributed by atoms with Crippen LogP contribution in [0.2, 0.25) is 0 Å². The van der Waals surface area contributed by atoms with Crippen molar-refractivity contribution in [2.45, 2.75) is 38.5 Å². The first kappa shape index (κ1) is 13.3. The van der Waals surface area contributed by atoms with Crippen LogP contribution >= 0.6 is 0 Å². The number of fused-ring (bicyclic) bond motifs is 1. The van der Waals surface area contributed by atoms with Crippen LogP contribution in [0.15, 0.2) is 12.2 Å². The van der Waals surface area contributed by atoms with Crippen LogP contribution in [0.4, 0.5) is 0 Å². The molecule has 1 N–H and O–H groups in total. The topological polar surface area (TPSA) is 74.7 Å². The lowest BCUT2D eigenvalue weighted by Gasteiger charge is -2.42. The molecule has 1 aliphatic heterocycles. The van der Waals surface area contributed by atoms with Gasteiger partial charge in [0.25, 0.3) is 0 Å². The van der Waals surface area contributed by atoms with Crippen molar-refractivity contribution in [2.75, 3.05) is 6.54 Å². The van der Waals surface area contributed by atoms with Gasteiger partial charge in [-0.05, 0) is 31.1 Å². The minimum Gasteiger partial charge on any atom is -0.481 e. The maximum Gasteiger partial charge on any atom is 0.303 e. The molecule has 3 rings (SSSR count). The molecule has 0 aromatic heterocycles. The second-order valence-corrected chi connectivity index (χ2v) is 6.34. The van der Waals surface area contributed by atoms with E-state index in [0.717, 1.165) is 19.3 Å². The SMILES string of the molecule is O=C(O)CC1(CN2C(=O)C3CC=CCC3C2=O)CCC1. The Morgan fingerprint density at radius 3 is 2.15 bits per heavy atom. The summed E-state index contributed by atoms with van der Waals surface area (Å²) in [4.78, 5) is 37.1. The maximum absolute atomic E-state index is 12.4. The van der Waals surface area contributed by atoms with E-state index >= 15 is 0 Å². The van der Waals surface area contributed by atoms with Crippen LogP contribution in [-0.2, 0) is 14.4 Å². The Morgan fingerprint density at radius 1 is 1.20 bits per heavy atom. The summed E-state index contributed by atoms with van der Waals surface area (Å²) in [5, 5.41) is 9.03. The zero-order valence-corrected chi connectivity index (χ0v) is 11.4. The fraction of sp³-hybridized carbons (Fsp3) is 0.667. The fourth-order valence-corrected chi connectivity index (χ4v) is 3.75. The van der Waals surface area contributed by atoms with Crippen LogP contribution in [0.25, 0.3) is 0 Å². The van der Waals surface area contributed by atoms with Crippen molar-refractivity contribution >= 4 is 17.8 Å². The van der Waals surface area contributed by atoms with Gasteiger partial charge in [-0.15, -0.1) is 0 Å². The third-order valence-electron chi connectivity index (χ3n) is 5.03. The van der Waals surface area contributed by atoms with Crippen molar-refractivity contribution in [3.63, 3.8) is 0 Å². The summed E-state index contributed by atoms with van der Waals surface area (Å²) in [6, 6.07) is 0. The maximum atomic E-state index is 12.4. The molecule has 0 bridgehead atoms. The van der Waals surface area contributed by atoms with E-state index < -0.39 is 5.97 Å². The lowest BCUT2D eigenvalue weighted by molar-refractivity contribution is -0.149. The van der Waals surface area contributed by atoms with Gasteiger partial charge in [0.05, 0.1) is 18.3 Å². The average molecular weight is 277 g/mol. The van der Waals surface area contributed by atoms with E-state index in [9.17, 15) is 14.4 Å². The van der Waals surface area contributed by atoms with E-state index in [1.165, 1.54) is 4.90 Å². The number of rotatable bonds is 4. The largest absolute Gasteiger partial charge is 0.481 e. The summed E-state index contributed by atoms with van der Waals surface area (Å²) < 4.78 is 0. The van der Waals surface area contributed by atoms with Gasteiger partial charge < -0.3 is 5.11 Å². The first-order valence-electron chi connectivity index (χ1n) is 7.24. The highest BCUT2D eigenvalue weighted by Gasteiger charge is 2.51. The van der Waals surface area contributed by atoms with Crippen molar-refractivity contribution < 1.29 is 19.5 Å². The molecule has 108 valence electrons. The van der Waals surface area contributed by atoms with E-state index in [-0.39, 0.29) is 35.5 Å². The number of aliphatic carboxylic acids is 1. The van der Waals surface area contributed by atoms with Crippen LogP contribution in [0.1, 0.15) is 38.5 Å². The summed E-state index contributed by atoms with van der Waals surface area (Å²) in [5.41, 5.74) is -0.377. The van der Waals surface area contributed by atoms with Crippen LogP contribution in [0.3, 0.4) is 0 Å². The first-order chi connectivity index (χ1) is 9.52. The van der Waals surface area contributed by atoms with Gasteiger partial charge in [0, 0.05) is 6.54 Å². The predicted octanol–water partition coefficient (Wildman–Crippen LogP) is 1.58. The molecule has 2 fully saturated rings. The normalized spacial score (nSPS) is 31.1. The monoisotopic (exact) mass is 277 g/mol. The van der Waals surface area contributed by atoms with Crippen molar-refractivity contribution in [3.05, 3.63) is 12.2 Å². The molecule has 2 aliphatic carbocycles. The van der Waals surface area contributed by atoms with E-state index in [4.69, 9.17) is 5.11 Å². The smallest absolute Gasteiger partial charge is 0.303 e. The number of carbonyl (C=O) groups is 3. The zero-order valence-electron chi connectivity index (χ0n) is 11.4. The molecule has 20 heavy (non-hydrogen) atoms. The molecular weight excluding hydrogens is 258 g/mol. The number of hydrogen-bond acceptors (Lipinski definition) is 3. The molecule has 5 heteroatoms. The quantitative estimate of drug-likeness (QED) is 0.625. The van der Waals surface area contributed by atoms with E-state index in [0.29, 0.717) is 19.4 Å². The van der Waals surface area contributed by atoms with Crippen molar-refractivity contribution in [1.29, 1.82) is 0 Å². The zero-order chi connectivity index (χ0) is 14.3. The van der Waals surface area contributed by atoms with Gasteiger partial charge in [-0.2, -0.15) is 0 Å². The summed E-state index contributed by atoms with van der Waals surface area (Å²) in [6.45, 7) is 0.296. The first-order valence-corrected chi connectivity index (χ1v) is 7.24. The van der Waals surface area contributed by atoms with Gasteiger partial charge in [0.2, 0.25) is 11.8 Å². The van der Waals surface area contributed by atoms with Crippen molar-refractivity contribution in [2.24, 2.45) is 17.3 Å².